The maximum absolute atomic E-state index is 12.5. The zero-order chi connectivity index (χ0) is 17.2. The van der Waals surface area contributed by atoms with E-state index >= 15 is 0 Å². The van der Waals surface area contributed by atoms with Gasteiger partial charge in [0.25, 0.3) is 5.91 Å². The number of nitrogens with zero attached hydrogens (tertiary/aromatic N) is 2. The standard InChI is InChI=1S/C15H22F3N3O2/c1-9(2)7-11-8-12(20-19-11)14(23)21-5-3-10(4-6-21)13(22)15(16,17)18/h8-10,13,22H,3-7H2,1-2H3,(H,19,20). The minimum atomic E-state index is -4.61. The summed E-state index contributed by atoms with van der Waals surface area (Å²) in [7, 11) is 0. The average Bonchev–Trinajstić information content (AvgIpc) is 2.92. The molecule has 1 amide bonds. The van der Waals surface area contributed by atoms with Crippen LogP contribution in [0.2, 0.25) is 0 Å². The molecule has 23 heavy (non-hydrogen) atoms. The third kappa shape index (κ3) is 4.46. The lowest BCUT2D eigenvalue weighted by Gasteiger charge is -2.34. The molecule has 2 rings (SSSR count). The van der Waals surface area contributed by atoms with Crippen molar-refractivity contribution < 1.29 is 23.1 Å². The molecule has 1 saturated heterocycles. The van der Waals surface area contributed by atoms with E-state index in [1.54, 1.807) is 6.07 Å². The highest BCUT2D eigenvalue weighted by molar-refractivity contribution is 5.92. The van der Waals surface area contributed by atoms with Crippen LogP contribution in [0.25, 0.3) is 0 Å². The molecule has 1 aliphatic rings. The van der Waals surface area contributed by atoms with Crippen molar-refractivity contribution in [2.24, 2.45) is 11.8 Å². The zero-order valence-corrected chi connectivity index (χ0v) is 13.2. The van der Waals surface area contributed by atoms with Crippen molar-refractivity contribution in [3.05, 3.63) is 17.5 Å². The number of likely N-dealkylation sites (tertiary alicyclic amines) is 1. The number of amides is 1. The van der Waals surface area contributed by atoms with Gasteiger partial charge in [-0.25, -0.2) is 0 Å². The number of piperidine rings is 1. The average molecular weight is 333 g/mol. The smallest absolute Gasteiger partial charge is 0.383 e. The van der Waals surface area contributed by atoms with Crippen LogP contribution in [0.3, 0.4) is 0 Å². The summed E-state index contributed by atoms with van der Waals surface area (Å²) in [4.78, 5) is 13.8. The van der Waals surface area contributed by atoms with Gasteiger partial charge in [-0.05, 0) is 37.2 Å². The maximum Gasteiger partial charge on any atom is 0.414 e. The molecule has 1 aromatic rings. The van der Waals surface area contributed by atoms with Gasteiger partial charge in [-0.15, -0.1) is 0 Å². The number of aromatic nitrogens is 2. The molecule has 0 aliphatic carbocycles. The minimum Gasteiger partial charge on any atom is -0.383 e. The Morgan fingerprint density at radius 2 is 2.04 bits per heavy atom. The highest BCUT2D eigenvalue weighted by atomic mass is 19.4. The van der Waals surface area contributed by atoms with Gasteiger partial charge >= 0.3 is 6.18 Å². The van der Waals surface area contributed by atoms with Crippen molar-refractivity contribution in [3.63, 3.8) is 0 Å². The van der Waals surface area contributed by atoms with Crippen LogP contribution < -0.4 is 0 Å². The van der Waals surface area contributed by atoms with E-state index in [1.807, 2.05) is 0 Å². The molecule has 1 unspecified atom stereocenters. The summed E-state index contributed by atoms with van der Waals surface area (Å²) in [5.74, 6) is -0.705. The number of nitrogens with one attached hydrogen (secondary N) is 1. The quantitative estimate of drug-likeness (QED) is 0.889. The molecule has 130 valence electrons. The molecule has 0 bridgehead atoms. The number of rotatable bonds is 4. The van der Waals surface area contributed by atoms with E-state index in [0.717, 1.165) is 12.1 Å². The SMILES string of the molecule is CC(C)Cc1cc(C(=O)N2CCC(C(O)C(F)(F)F)CC2)n[nH]1. The summed E-state index contributed by atoms with van der Waals surface area (Å²) in [5.41, 5.74) is 1.15. The van der Waals surface area contributed by atoms with Gasteiger partial charge in [-0.2, -0.15) is 18.3 Å². The number of aromatic amines is 1. The van der Waals surface area contributed by atoms with E-state index in [-0.39, 0.29) is 37.5 Å². The number of alkyl halides is 3. The number of aliphatic hydroxyl groups is 1. The van der Waals surface area contributed by atoms with Gasteiger partial charge in [0, 0.05) is 18.8 Å². The Kier molecular flexibility index (Phi) is 5.33. The molecule has 0 radical (unpaired) electrons. The first kappa shape index (κ1) is 17.8. The van der Waals surface area contributed by atoms with Crippen LogP contribution in [0.1, 0.15) is 42.9 Å². The number of carbonyl (C=O) groups is 1. The Labute approximate surface area is 132 Å². The number of H-pyrrole nitrogens is 1. The topological polar surface area (TPSA) is 69.2 Å². The predicted octanol–water partition coefficient (Wildman–Crippen LogP) is 2.38. The summed E-state index contributed by atoms with van der Waals surface area (Å²) < 4.78 is 37.5. The van der Waals surface area contributed by atoms with Crippen molar-refractivity contribution in [1.29, 1.82) is 0 Å². The Bertz CT molecular complexity index is 534. The van der Waals surface area contributed by atoms with E-state index in [4.69, 9.17) is 0 Å². The van der Waals surface area contributed by atoms with Crippen LogP contribution in [0.4, 0.5) is 13.2 Å². The summed E-state index contributed by atoms with van der Waals surface area (Å²) in [6, 6.07) is 1.69. The minimum absolute atomic E-state index is 0.135. The lowest BCUT2D eigenvalue weighted by atomic mass is 9.91. The molecule has 5 nitrogen and oxygen atoms in total. The fourth-order valence-electron chi connectivity index (χ4n) is 2.86. The monoisotopic (exact) mass is 333 g/mol. The van der Waals surface area contributed by atoms with E-state index in [9.17, 15) is 23.1 Å². The van der Waals surface area contributed by atoms with Crippen LogP contribution >= 0.6 is 0 Å². The molecular weight excluding hydrogens is 311 g/mol. The molecule has 2 N–H and O–H groups in total. The maximum atomic E-state index is 12.5. The molecule has 1 atom stereocenters. The zero-order valence-electron chi connectivity index (χ0n) is 13.2. The van der Waals surface area contributed by atoms with Crippen molar-refractivity contribution in [3.8, 4) is 0 Å². The molecule has 8 heteroatoms. The Morgan fingerprint density at radius 3 is 2.57 bits per heavy atom. The molecule has 2 heterocycles. The largest absolute Gasteiger partial charge is 0.414 e. The van der Waals surface area contributed by atoms with Crippen LogP contribution in [-0.4, -0.2) is 51.5 Å². The van der Waals surface area contributed by atoms with Crippen LogP contribution in [0.15, 0.2) is 6.07 Å². The normalized spacial score (nSPS) is 18.5. The van der Waals surface area contributed by atoms with Crippen molar-refractivity contribution >= 4 is 5.91 Å². The molecule has 1 fully saturated rings. The molecule has 0 spiro atoms. The number of halogens is 3. The van der Waals surface area contributed by atoms with E-state index in [0.29, 0.717) is 5.92 Å². The van der Waals surface area contributed by atoms with Gasteiger partial charge in [-0.3, -0.25) is 9.89 Å². The molecule has 1 aromatic heterocycles. The van der Waals surface area contributed by atoms with Crippen molar-refractivity contribution in [1.82, 2.24) is 15.1 Å². The molecular formula is C15H22F3N3O2. The van der Waals surface area contributed by atoms with Crippen LogP contribution in [0.5, 0.6) is 0 Å². The lowest BCUT2D eigenvalue weighted by Crippen LogP contribution is -2.45. The predicted molar refractivity (Wildman–Crippen MR) is 77.8 cm³/mol. The van der Waals surface area contributed by atoms with Gasteiger partial charge < -0.3 is 10.0 Å². The molecule has 0 saturated carbocycles. The van der Waals surface area contributed by atoms with Crippen molar-refractivity contribution in [2.45, 2.75) is 45.4 Å². The Hall–Kier alpha value is -1.57. The number of hydrogen-bond donors (Lipinski definition) is 2. The fraction of sp³-hybridized carbons (Fsp3) is 0.733. The molecule has 0 aromatic carbocycles. The first-order chi connectivity index (χ1) is 10.7. The number of aliphatic hydroxyl groups excluding tert-OH is 1. The summed E-state index contributed by atoms with van der Waals surface area (Å²) in [6.07, 6.45) is -5.88. The van der Waals surface area contributed by atoms with Crippen molar-refractivity contribution in [2.75, 3.05) is 13.1 Å². The summed E-state index contributed by atoms with van der Waals surface area (Å²) >= 11 is 0. The Morgan fingerprint density at radius 1 is 1.43 bits per heavy atom. The third-order valence-corrected chi connectivity index (χ3v) is 4.09. The molecule has 1 aliphatic heterocycles. The van der Waals surface area contributed by atoms with E-state index in [2.05, 4.69) is 24.0 Å². The highest BCUT2D eigenvalue weighted by Crippen LogP contribution is 2.31. The van der Waals surface area contributed by atoms with Crippen LogP contribution in [-0.2, 0) is 6.42 Å². The van der Waals surface area contributed by atoms with E-state index < -0.39 is 18.2 Å². The van der Waals surface area contributed by atoms with Gasteiger partial charge in [0.1, 0.15) is 5.69 Å². The first-order valence-electron chi connectivity index (χ1n) is 7.76. The second-order valence-electron chi connectivity index (χ2n) is 6.49. The lowest BCUT2D eigenvalue weighted by molar-refractivity contribution is -0.222. The first-order valence-corrected chi connectivity index (χ1v) is 7.76. The van der Waals surface area contributed by atoms with Gasteiger partial charge in [0.05, 0.1) is 0 Å². The van der Waals surface area contributed by atoms with Gasteiger partial charge in [-0.1, -0.05) is 13.8 Å². The Balaban J connectivity index is 1.92. The second kappa shape index (κ2) is 6.90. The third-order valence-electron chi connectivity index (χ3n) is 4.09. The van der Waals surface area contributed by atoms with E-state index in [1.165, 1.54) is 4.90 Å². The van der Waals surface area contributed by atoms with Gasteiger partial charge in [0.2, 0.25) is 0 Å². The van der Waals surface area contributed by atoms with Gasteiger partial charge in [0.15, 0.2) is 6.10 Å². The number of carbonyl (C=O) groups excluding carboxylic acids is 1. The summed E-state index contributed by atoms with van der Waals surface area (Å²) in [5, 5.41) is 16.1. The fourth-order valence-corrected chi connectivity index (χ4v) is 2.86. The highest BCUT2D eigenvalue weighted by Gasteiger charge is 2.44. The van der Waals surface area contributed by atoms with Crippen LogP contribution in [0, 0.1) is 11.8 Å². The number of hydrogen-bond acceptors (Lipinski definition) is 3. The summed E-state index contributed by atoms with van der Waals surface area (Å²) in [6.45, 7) is 4.50. The second-order valence-corrected chi connectivity index (χ2v) is 6.49.